The minimum absolute atomic E-state index is 0.317. The third kappa shape index (κ3) is 3.43. The van der Waals surface area contributed by atoms with Gasteiger partial charge in [-0.1, -0.05) is 28.1 Å². The number of benzene rings is 2. The van der Waals surface area contributed by atoms with E-state index in [0.29, 0.717) is 23.5 Å². The standard InChI is InChI=1S/C15H10BrNO2/c16-14-4-5-15(13(7-14)9-18)19-10-12-3-1-2-11(6-12)8-17/h1-7,9H,10H2. The van der Waals surface area contributed by atoms with Gasteiger partial charge in [0.25, 0.3) is 0 Å². The number of hydrogen-bond donors (Lipinski definition) is 0. The van der Waals surface area contributed by atoms with Crippen molar-refractivity contribution < 1.29 is 9.53 Å². The van der Waals surface area contributed by atoms with Crippen LogP contribution in [0, 0.1) is 11.3 Å². The summed E-state index contributed by atoms with van der Waals surface area (Å²) in [6.45, 7) is 0.317. The fraction of sp³-hybridized carbons (Fsp3) is 0.0667. The minimum atomic E-state index is 0.317. The van der Waals surface area contributed by atoms with Crippen molar-refractivity contribution in [1.29, 1.82) is 5.26 Å². The smallest absolute Gasteiger partial charge is 0.153 e. The van der Waals surface area contributed by atoms with Gasteiger partial charge in [-0.05, 0) is 35.9 Å². The van der Waals surface area contributed by atoms with Crippen LogP contribution in [0.1, 0.15) is 21.5 Å². The lowest BCUT2D eigenvalue weighted by molar-refractivity contribution is 0.111. The molecule has 0 bridgehead atoms. The fourth-order valence-electron chi connectivity index (χ4n) is 1.63. The zero-order valence-corrected chi connectivity index (χ0v) is 11.6. The van der Waals surface area contributed by atoms with Crippen LogP contribution in [0.15, 0.2) is 46.9 Å². The van der Waals surface area contributed by atoms with E-state index < -0.39 is 0 Å². The normalized spacial score (nSPS) is 9.68. The second-order valence-corrected chi connectivity index (χ2v) is 4.82. The molecule has 0 aliphatic heterocycles. The summed E-state index contributed by atoms with van der Waals surface area (Å²) < 4.78 is 6.43. The van der Waals surface area contributed by atoms with Crippen LogP contribution in [0.4, 0.5) is 0 Å². The van der Waals surface area contributed by atoms with Gasteiger partial charge >= 0.3 is 0 Å². The van der Waals surface area contributed by atoms with Gasteiger partial charge < -0.3 is 4.74 Å². The summed E-state index contributed by atoms with van der Waals surface area (Å²) in [5.41, 5.74) is 1.97. The topological polar surface area (TPSA) is 50.1 Å². The highest BCUT2D eigenvalue weighted by Gasteiger charge is 2.04. The van der Waals surface area contributed by atoms with Gasteiger partial charge in [-0.3, -0.25) is 4.79 Å². The van der Waals surface area contributed by atoms with Gasteiger partial charge in [-0.2, -0.15) is 5.26 Å². The molecule has 0 unspecified atom stereocenters. The van der Waals surface area contributed by atoms with E-state index >= 15 is 0 Å². The monoisotopic (exact) mass is 315 g/mol. The predicted molar refractivity (Wildman–Crippen MR) is 75.0 cm³/mol. The number of carbonyl (C=O) groups is 1. The van der Waals surface area contributed by atoms with Crippen LogP contribution >= 0.6 is 15.9 Å². The first-order valence-electron chi connectivity index (χ1n) is 5.59. The predicted octanol–water partition coefficient (Wildman–Crippen LogP) is 3.71. The molecule has 4 heteroatoms. The molecular weight excluding hydrogens is 306 g/mol. The summed E-state index contributed by atoms with van der Waals surface area (Å²) in [4.78, 5) is 10.9. The molecule has 94 valence electrons. The number of ether oxygens (including phenoxy) is 1. The second-order valence-electron chi connectivity index (χ2n) is 3.90. The Hall–Kier alpha value is -2.12. The van der Waals surface area contributed by atoms with Crippen LogP contribution in [0.2, 0.25) is 0 Å². The Kier molecular flexibility index (Phi) is 4.32. The molecule has 2 rings (SSSR count). The van der Waals surface area contributed by atoms with Crippen molar-refractivity contribution in [3.05, 3.63) is 63.6 Å². The highest BCUT2D eigenvalue weighted by Crippen LogP contribution is 2.22. The third-order valence-electron chi connectivity index (χ3n) is 2.55. The van der Waals surface area contributed by atoms with E-state index in [-0.39, 0.29) is 0 Å². The van der Waals surface area contributed by atoms with Gasteiger partial charge in [0.05, 0.1) is 17.2 Å². The largest absolute Gasteiger partial charge is 0.488 e. The van der Waals surface area contributed by atoms with E-state index in [9.17, 15) is 4.79 Å². The lowest BCUT2D eigenvalue weighted by atomic mass is 10.1. The molecule has 0 saturated heterocycles. The highest BCUT2D eigenvalue weighted by molar-refractivity contribution is 9.10. The molecule has 0 radical (unpaired) electrons. The summed E-state index contributed by atoms with van der Waals surface area (Å²) in [7, 11) is 0. The molecule has 0 aromatic heterocycles. The first-order valence-corrected chi connectivity index (χ1v) is 6.39. The number of nitrogens with zero attached hydrogens (tertiary/aromatic N) is 1. The Bertz CT molecular complexity index is 647. The van der Waals surface area contributed by atoms with Crippen LogP contribution in [0.5, 0.6) is 5.75 Å². The van der Waals surface area contributed by atoms with Crippen molar-refractivity contribution in [3.63, 3.8) is 0 Å². The first kappa shape index (κ1) is 13.3. The number of rotatable bonds is 4. The highest BCUT2D eigenvalue weighted by atomic mass is 79.9. The SMILES string of the molecule is N#Cc1cccc(COc2ccc(Br)cc2C=O)c1. The van der Waals surface area contributed by atoms with E-state index in [1.807, 2.05) is 12.1 Å². The van der Waals surface area contributed by atoms with Crippen molar-refractivity contribution >= 4 is 22.2 Å². The molecule has 0 spiro atoms. The lowest BCUT2D eigenvalue weighted by Crippen LogP contribution is -1.98. The average molecular weight is 316 g/mol. The van der Waals surface area contributed by atoms with Crippen molar-refractivity contribution in [2.45, 2.75) is 6.61 Å². The quantitative estimate of drug-likeness (QED) is 0.808. The Morgan fingerprint density at radius 2 is 2.11 bits per heavy atom. The van der Waals surface area contributed by atoms with Gasteiger partial charge in [0, 0.05) is 4.47 Å². The molecule has 0 aliphatic carbocycles. The van der Waals surface area contributed by atoms with E-state index in [0.717, 1.165) is 16.3 Å². The molecule has 0 heterocycles. The summed E-state index contributed by atoms with van der Waals surface area (Å²) in [6, 6.07) is 14.5. The zero-order chi connectivity index (χ0) is 13.7. The molecule has 0 N–H and O–H groups in total. The third-order valence-corrected chi connectivity index (χ3v) is 3.04. The Morgan fingerprint density at radius 1 is 1.26 bits per heavy atom. The molecule has 0 aliphatic rings. The molecular formula is C15H10BrNO2. The summed E-state index contributed by atoms with van der Waals surface area (Å²) >= 11 is 3.30. The van der Waals surface area contributed by atoms with Crippen LogP contribution in [-0.4, -0.2) is 6.29 Å². The van der Waals surface area contributed by atoms with Gasteiger partial charge in [-0.25, -0.2) is 0 Å². The molecule has 0 amide bonds. The molecule has 3 nitrogen and oxygen atoms in total. The molecule has 19 heavy (non-hydrogen) atoms. The summed E-state index contributed by atoms with van der Waals surface area (Å²) in [5.74, 6) is 0.528. The van der Waals surface area contributed by atoms with Gasteiger partial charge in [0.15, 0.2) is 6.29 Å². The number of nitriles is 1. The average Bonchev–Trinajstić information content (AvgIpc) is 2.46. The molecule has 0 atom stereocenters. The zero-order valence-electron chi connectivity index (χ0n) is 9.97. The van der Waals surface area contributed by atoms with Gasteiger partial charge in [-0.15, -0.1) is 0 Å². The number of hydrogen-bond acceptors (Lipinski definition) is 3. The van der Waals surface area contributed by atoms with E-state index in [1.165, 1.54) is 0 Å². The maximum atomic E-state index is 10.9. The number of carbonyl (C=O) groups excluding carboxylic acids is 1. The Morgan fingerprint density at radius 3 is 2.84 bits per heavy atom. The molecule has 2 aromatic carbocycles. The molecule has 0 saturated carbocycles. The summed E-state index contributed by atoms with van der Waals surface area (Å²) in [6.07, 6.45) is 0.756. The van der Waals surface area contributed by atoms with Crippen LogP contribution < -0.4 is 4.74 Å². The lowest BCUT2D eigenvalue weighted by Gasteiger charge is -2.09. The second kappa shape index (κ2) is 6.17. The van der Waals surface area contributed by atoms with E-state index in [1.54, 1.807) is 30.3 Å². The first-order chi connectivity index (χ1) is 9.22. The molecule has 0 fully saturated rings. The number of aldehydes is 1. The fourth-order valence-corrected chi connectivity index (χ4v) is 2.01. The maximum Gasteiger partial charge on any atom is 0.153 e. The Labute approximate surface area is 119 Å². The van der Waals surface area contributed by atoms with Crippen molar-refractivity contribution in [1.82, 2.24) is 0 Å². The minimum Gasteiger partial charge on any atom is -0.488 e. The number of halogens is 1. The van der Waals surface area contributed by atoms with Crippen LogP contribution in [-0.2, 0) is 6.61 Å². The van der Waals surface area contributed by atoms with Gasteiger partial charge in [0.2, 0.25) is 0 Å². The molecule has 2 aromatic rings. The van der Waals surface area contributed by atoms with Crippen LogP contribution in [0.25, 0.3) is 0 Å². The van der Waals surface area contributed by atoms with Crippen LogP contribution in [0.3, 0.4) is 0 Å². The van der Waals surface area contributed by atoms with E-state index in [2.05, 4.69) is 22.0 Å². The maximum absolute atomic E-state index is 10.9. The van der Waals surface area contributed by atoms with Gasteiger partial charge in [0.1, 0.15) is 12.4 Å². The van der Waals surface area contributed by atoms with Crippen molar-refractivity contribution in [2.75, 3.05) is 0 Å². The van der Waals surface area contributed by atoms with Crippen molar-refractivity contribution in [2.24, 2.45) is 0 Å². The van der Waals surface area contributed by atoms with E-state index in [4.69, 9.17) is 10.00 Å². The Balaban J connectivity index is 2.14. The van der Waals surface area contributed by atoms with Crippen molar-refractivity contribution in [3.8, 4) is 11.8 Å². The summed E-state index contributed by atoms with van der Waals surface area (Å²) in [5, 5.41) is 8.82.